The zero-order valence-corrected chi connectivity index (χ0v) is 4.52. The summed E-state index contributed by atoms with van der Waals surface area (Å²) in [5.74, 6) is 0. The smallest absolute Gasteiger partial charge is 0.0443 e. The van der Waals surface area contributed by atoms with Crippen LogP contribution in [0.5, 0.6) is 0 Å². The van der Waals surface area contributed by atoms with Crippen LogP contribution in [0.3, 0.4) is 0 Å². The SMILES string of the molecule is C=CN1C=C(C)C1. The highest BCUT2D eigenvalue weighted by Gasteiger charge is 2.04. The zero-order valence-electron chi connectivity index (χ0n) is 4.52. The first kappa shape index (κ1) is 4.44. The van der Waals surface area contributed by atoms with Gasteiger partial charge >= 0.3 is 0 Å². The summed E-state index contributed by atoms with van der Waals surface area (Å²) in [6.07, 6.45) is 3.90. The summed E-state index contributed by atoms with van der Waals surface area (Å²) in [6.45, 7) is 6.78. The molecule has 0 N–H and O–H groups in total. The Kier molecular flexibility index (Phi) is 0.895. The Morgan fingerprint density at radius 3 is 2.71 bits per heavy atom. The van der Waals surface area contributed by atoms with Crippen molar-refractivity contribution in [3.05, 3.63) is 24.6 Å². The number of rotatable bonds is 1. The molecule has 7 heavy (non-hydrogen) atoms. The monoisotopic (exact) mass is 95.1 g/mol. The minimum Gasteiger partial charge on any atom is -0.351 e. The molecule has 1 aliphatic heterocycles. The van der Waals surface area contributed by atoms with Crippen LogP contribution in [0.4, 0.5) is 0 Å². The van der Waals surface area contributed by atoms with Crippen LogP contribution in [0.25, 0.3) is 0 Å². The van der Waals surface area contributed by atoms with Crippen molar-refractivity contribution < 1.29 is 0 Å². The molecule has 1 aliphatic rings. The van der Waals surface area contributed by atoms with Gasteiger partial charge in [-0.1, -0.05) is 6.58 Å². The second-order valence-electron chi connectivity index (χ2n) is 1.83. The maximum atomic E-state index is 3.60. The highest BCUT2D eigenvalue weighted by Crippen LogP contribution is 2.10. The summed E-state index contributed by atoms with van der Waals surface area (Å²) < 4.78 is 0. The second-order valence-corrected chi connectivity index (χ2v) is 1.83. The molecule has 38 valence electrons. The fraction of sp³-hybridized carbons (Fsp3) is 0.333. The molecule has 0 fully saturated rings. The predicted molar refractivity (Wildman–Crippen MR) is 30.7 cm³/mol. The van der Waals surface area contributed by atoms with Crippen molar-refractivity contribution in [3.8, 4) is 0 Å². The topological polar surface area (TPSA) is 3.24 Å². The quantitative estimate of drug-likeness (QED) is 0.475. The van der Waals surface area contributed by atoms with Gasteiger partial charge in [0.25, 0.3) is 0 Å². The molecule has 1 nitrogen and oxygen atoms in total. The molecule has 0 aromatic rings. The molecule has 0 aliphatic carbocycles. The molecule has 0 saturated heterocycles. The van der Waals surface area contributed by atoms with Gasteiger partial charge in [0.2, 0.25) is 0 Å². The normalized spacial score (nSPS) is 17.9. The van der Waals surface area contributed by atoms with Crippen LogP contribution in [0.15, 0.2) is 24.6 Å². The van der Waals surface area contributed by atoms with Crippen molar-refractivity contribution in [1.82, 2.24) is 4.90 Å². The van der Waals surface area contributed by atoms with E-state index in [9.17, 15) is 0 Å². The van der Waals surface area contributed by atoms with Crippen molar-refractivity contribution in [3.63, 3.8) is 0 Å². The van der Waals surface area contributed by atoms with Gasteiger partial charge in [-0.15, -0.1) is 0 Å². The maximum Gasteiger partial charge on any atom is 0.0443 e. The molecule has 0 atom stereocenters. The van der Waals surface area contributed by atoms with E-state index in [4.69, 9.17) is 0 Å². The summed E-state index contributed by atoms with van der Waals surface area (Å²) in [7, 11) is 0. The van der Waals surface area contributed by atoms with Gasteiger partial charge in [-0.2, -0.15) is 0 Å². The molecule has 0 saturated carbocycles. The van der Waals surface area contributed by atoms with E-state index < -0.39 is 0 Å². The molecule has 0 aromatic heterocycles. The third-order valence-electron chi connectivity index (χ3n) is 1.05. The van der Waals surface area contributed by atoms with Gasteiger partial charge in [-0.3, -0.25) is 0 Å². The van der Waals surface area contributed by atoms with Gasteiger partial charge in [0.1, 0.15) is 0 Å². The third kappa shape index (κ3) is 0.660. The summed E-state index contributed by atoms with van der Waals surface area (Å²) in [5, 5.41) is 0. The average molecular weight is 95.1 g/mol. The Labute approximate surface area is 43.9 Å². The van der Waals surface area contributed by atoms with Crippen molar-refractivity contribution in [2.75, 3.05) is 6.54 Å². The summed E-state index contributed by atoms with van der Waals surface area (Å²) in [4.78, 5) is 2.05. The first-order chi connectivity index (χ1) is 3.33. The summed E-state index contributed by atoms with van der Waals surface area (Å²) in [5.41, 5.74) is 1.43. The average Bonchev–Trinajstić information content (AvgIpc) is 1.58. The van der Waals surface area contributed by atoms with Gasteiger partial charge in [0.05, 0.1) is 0 Å². The van der Waals surface area contributed by atoms with Crippen LogP contribution >= 0.6 is 0 Å². The Hall–Kier alpha value is -0.720. The fourth-order valence-corrected chi connectivity index (χ4v) is 0.662. The standard InChI is InChI=1S/C6H9N/c1-3-7-4-6(2)5-7/h3-4H,1,5H2,2H3. The molecular formula is C6H9N. The lowest BCUT2D eigenvalue weighted by Gasteiger charge is -2.24. The molecule has 0 bridgehead atoms. The highest BCUT2D eigenvalue weighted by atomic mass is 15.1. The van der Waals surface area contributed by atoms with E-state index in [-0.39, 0.29) is 0 Å². The van der Waals surface area contributed by atoms with Crippen molar-refractivity contribution >= 4 is 0 Å². The van der Waals surface area contributed by atoms with Gasteiger partial charge in [-0.25, -0.2) is 0 Å². The lowest BCUT2D eigenvalue weighted by molar-refractivity contribution is 0.485. The summed E-state index contributed by atoms with van der Waals surface area (Å²) in [6, 6.07) is 0. The van der Waals surface area contributed by atoms with E-state index in [0.29, 0.717) is 0 Å². The Morgan fingerprint density at radius 2 is 2.57 bits per heavy atom. The molecule has 1 rings (SSSR count). The second kappa shape index (κ2) is 1.41. The number of hydrogen-bond donors (Lipinski definition) is 0. The zero-order chi connectivity index (χ0) is 5.28. The molecule has 1 heteroatoms. The van der Waals surface area contributed by atoms with E-state index >= 15 is 0 Å². The van der Waals surface area contributed by atoms with Crippen molar-refractivity contribution in [2.45, 2.75) is 6.92 Å². The highest BCUT2D eigenvalue weighted by molar-refractivity contribution is 5.13. The van der Waals surface area contributed by atoms with E-state index in [0.717, 1.165) is 6.54 Å². The molecule has 0 amide bonds. The molecule has 0 aromatic carbocycles. The van der Waals surface area contributed by atoms with Gasteiger partial charge < -0.3 is 4.90 Å². The molecule has 1 heterocycles. The fourth-order valence-electron chi connectivity index (χ4n) is 0.662. The molecule has 0 spiro atoms. The van der Waals surface area contributed by atoms with E-state index in [1.54, 1.807) is 0 Å². The molecular weight excluding hydrogens is 86.1 g/mol. The van der Waals surface area contributed by atoms with E-state index in [1.807, 2.05) is 6.20 Å². The molecule has 0 radical (unpaired) electrons. The van der Waals surface area contributed by atoms with Crippen LogP contribution < -0.4 is 0 Å². The summed E-state index contributed by atoms with van der Waals surface area (Å²) >= 11 is 0. The van der Waals surface area contributed by atoms with Crippen LogP contribution in [0.2, 0.25) is 0 Å². The Bertz CT molecular complexity index is 113. The number of hydrogen-bond acceptors (Lipinski definition) is 1. The minimum atomic E-state index is 1.07. The van der Waals surface area contributed by atoms with Crippen LogP contribution in [-0.2, 0) is 0 Å². The van der Waals surface area contributed by atoms with E-state index in [2.05, 4.69) is 24.6 Å². The molecule has 0 unspecified atom stereocenters. The van der Waals surface area contributed by atoms with Gasteiger partial charge in [0, 0.05) is 12.7 Å². The Balaban J connectivity index is 2.45. The first-order valence-corrected chi connectivity index (χ1v) is 2.38. The van der Waals surface area contributed by atoms with Gasteiger partial charge in [0.15, 0.2) is 0 Å². The van der Waals surface area contributed by atoms with Crippen LogP contribution in [-0.4, -0.2) is 11.4 Å². The largest absolute Gasteiger partial charge is 0.351 e. The van der Waals surface area contributed by atoms with Crippen molar-refractivity contribution in [2.24, 2.45) is 0 Å². The predicted octanol–water partition coefficient (Wildman–Crippen LogP) is 1.35. The van der Waals surface area contributed by atoms with Crippen molar-refractivity contribution in [1.29, 1.82) is 0 Å². The Morgan fingerprint density at radius 1 is 2.00 bits per heavy atom. The van der Waals surface area contributed by atoms with Gasteiger partial charge in [-0.05, 0) is 18.7 Å². The lowest BCUT2D eigenvalue weighted by Crippen LogP contribution is -2.21. The van der Waals surface area contributed by atoms with E-state index in [1.165, 1.54) is 5.57 Å². The van der Waals surface area contributed by atoms with Crippen LogP contribution in [0, 0.1) is 0 Å². The maximum absolute atomic E-state index is 3.60. The lowest BCUT2D eigenvalue weighted by atomic mass is 10.2. The minimum absolute atomic E-state index is 1.07. The third-order valence-corrected chi connectivity index (χ3v) is 1.05. The number of nitrogens with zero attached hydrogens (tertiary/aromatic N) is 1. The first-order valence-electron chi connectivity index (χ1n) is 2.38. The van der Waals surface area contributed by atoms with Crippen LogP contribution in [0.1, 0.15) is 6.92 Å².